The van der Waals surface area contributed by atoms with E-state index in [1.807, 2.05) is 6.92 Å². The van der Waals surface area contributed by atoms with Crippen molar-refractivity contribution in [3.63, 3.8) is 0 Å². The van der Waals surface area contributed by atoms with Crippen LogP contribution in [0.1, 0.15) is 53.4 Å². The SMILES string of the molecule is COC(=O)[C@@]1(C)C[C@@H]2C[C@@]3(O)C[C@@H](OC(C)=O)[C@H](C)[C@@]3(C)[C@@H]2C1. The van der Waals surface area contributed by atoms with Gasteiger partial charge in [0.05, 0.1) is 18.1 Å². The molecule has 0 aromatic heterocycles. The van der Waals surface area contributed by atoms with Crippen LogP contribution in [0.5, 0.6) is 0 Å². The zero-order valence-corrected chi connectivity index (χ0v) is 14.7. The first-order valence-electron chi connectivity index (χ1n) is 8.55. The van der Waals surface area contributed by atoms with Crippen molar-refractivity contribution < 1.29 is 24.2 Å². The van der Waals surface area contributed by atoms with Crippen LogP contribution in [0.25, 0.3) is 0 Å². The number of hydrogen-bond donors (Lipinski definition) is 1. The minimum atomic E-state index is -0.806. The summed E-state index contributed by atoms with van der Waals surface area (Å²) >= 11 is 0. The molecule has 3 rings (SSSR count). The number of methoxy groups -OCH3 is 1. The van der Waals surface area contributed by atoms with Gasteiger partial charge < -0.3 is 14.6 Å². The van der Waals surface area contributed by atoms with Gasteiger partial charge in [-0.25, -0.2) is 0 Å². The second-order valence-electron chi connectivity index (χ2n) is 8.49. The zero-order valence-electron chi connectivity index (χ0n) is 14.7. The summed E-state index contributed by atoms with van der Waals surface area (Å²) < 4.78 is 10.5. The van der Waals surface area contributed by atoms with Crippen molar-refractivity contribution in [1.82, 2.24) is 0 Å². The van der Waals surface area contributed by atoms with E-state index in [-0.39, 0.29) is 35.3 Å². The minimum absolute atomic E-state index is 0.0754. The van der Waals surface area contributed by atoms with Gasteiger partial charge in [-0.1, -0.05) is 13.8 Å². The molecule has 0 saturated heterocycles. The number of rotatable bonds is 2. The average Bonchev–Trinajstić information content (AvgIpc) is 2.95. The molecule has 5 nitrogen and oxygen atoms in total. The van der Waals surface area contributed by atoms with E-state index in [9.17, 15) is 14.7 Å². The van der Waals surface area contributed by atoms with Crippen molar-refractivity contribution in [2.45, 2.75) is 65.1 Å². The first-order valence-corrected chi connectivity index (χ1v) is 8.55. The summed E-state index contributed by atoms with van der Waals surface area (Å²) in [4.78, 5) is 23.5. The number of ether oxygens (including phenoxy) is 2. The molecule has 0 aromatic carbocycles. The molecular formula is C18H28O5. The monoisotopic (exact) mass is 324 g/mol. The highest BCUT2D eigenvalue weighted by Gasteiger charge is 2.72. The zero-order chi connectivity index (χ0) is 17.2. The van der Waals surface area contributed by atoms with Crippen molar-refractivity contribution in [2.75, 3.05) is 7.11 Å². The molecule has 3 aliphatic carbocycles. The van der Waals surface area contributed by atoms with E-state index in [0.29, 0.717) is 18.8 Å². The van der Waals surface area contributed by atoms with Gasteiger partial charge in [0.1, 0.15) is 6.10 Å². The number of hydrogen-bond acceptors (Lipinski definition) is 5. The standard InChI is InChI=1S/C18H28O5/c1-10-14(23-11(2)19)9-18(21)7-12-6-16(3,15(20)22-5)8-13(12)17(10,18)4/h10,12-14,21H,6-9H2,1-5H3/t10-,12+,13+,14+,16-,17-,18+/m0/s1. The van der Waals surface area contributed by atoms with Crippen LogP contribution in [-0.2, 0) is 19.1 Å². The summed E-state index contributed by atoms with van der Waals surface area (Å²) in [5.74, 6) is 0.214. The van der Waals surface area contributed by atoms with Gasteiger partial charge in [-0.3, -0.25) is 9.59 Å². The summed E-state index contributed by atoms with van der Waals surface area (Å²) in [6, 6.07) is 0. The minimum Gasteiger partial charge on any atom is -0.469 e. The van der Waals surface area contributed by atoms with Crippen LogP contribution in [0.15, 0.2) is 0 Å². The second kappa shape index (κ2) is 4.95. The van der Waals surface area contributed by atoms with Crippen LogP contribution in [-0.4, -0.2) is 35.9 Å². The molecule has 3 saturated carbocycles. The summed E-state index contributed by atoms with van der Waals surface area (Å²) in [6.07, 6.45) is 2.45. The van der Waals surface area contributed by atoms with Gasteiger partial charge in [-0.05, 0) is 38.0 Å². The van der Waals surface area contributed by atoms with E-state index in [2.05, 4.69) is 13.8 Å². The Morgan fingerprint density at radius 2 is 1.78 bits per heavy atom. The lowest BCUT2D eigenvalue weighted by molar-refractivity contribution is -0.153. The summed E-state index contributed by atoms with van der Waals surface area (Å²) in [5, 5.41) is 11.3. The van der Waals surface area contributed by atoms with Crippen LogP contribution in [0, 0.1) is 28.6 Å². The molecule has 0 heterocycles. The van der Waals surface area contributed by atoms with Gasteiger partial charge in [-0.15, -0.1) is 0 Å². The van der Waals surface area contributed by atoms with Gasteiger partial charge in [0.2, 0.25) is 0 Å². The van der Waals surface area contributed by atoms with E-state index >= 15 is 0 Å². The maximum atomic E-state index is 12.2. The van der Waals surface area contributed by atoms with Crippen LogP contribution in [0.2, 0.25) is 0 Å². The fourth-order valence-electron chi connectivity index (χ4n) is 6.10. The molecule has 3 fully saturated rings. The van der Waals surface area contributed by atoms with Crippen LogP contribution in [0.3, 0.4) is 0 Å². The van der Waals surface area contributed by atoms with Crippen molar-refractivity contribution in [3.8, 4) is 0 Å². The Morgan fingerprint density at radius 1 is 1.13 bits per heavy atom. The van der Waals surface area contributed by atoms with E-state index in [0.717, 1.165) is 12.8 Å². The van der Waals surface area contributed by atoms with Crippen molar-refractivity contribution >= 4 is 11.9 Å². The fraction of sp³-hybridized carbons (Fsp3) is 0.889. The number of esters is 2. The summed E-state index contributed by atoms with van der Waals surface area (Å²) in [5.41, 5.74) is -1.60. The van der Waals surface area contributed by atoms with E-state index in [4.69, 9.17) is 9.47 Å². The molecule has 0 aliphatic heterocycles. The molecule has 3 aliphatic rings. The average molecular weight is 324 g/mol. The first-order chi connectivity index (χ1) is 10.6. The highest BCUT2D eigenvalue weighted by atomic mass is 16.5. The predicted octanol–water partition coefficient (Wildman–Crippen LogP) is 2.30. The third-order valence-electron chi connectivity index (χ3n) is 7.36. The van der Waals surface area contributed by atoms with Gasteiger partial charge in [0, 0.05) is 24.7 Å². The highest BCUT2D eigenvalue weighted by Crippen LogP contribution is 2.71. The normalized spacial score (nSPS) is 51.2. The maximum Gasteiger partial charge on any atom is 0.311 e. The van der Waals surface area contributed by atoms with Crippen LogP contribution >= 0.6 is 0 Å². The van der Waals surface area contributed by atoms with Gasteiger partial charge in [-0.2, -0.15) is 0 Å². The molecule has 23 heavy (non-hydrogen) atoms. The van der Waals surface area contributed by atoms with Gasteiger partial charge >= 0.3 is 11.9 Å². The Morgan fingerprint density at radius 3 is 2.35 bits per heavy atom. The lowest BCUT2D eigenvalue weighted by Crippen LogP contribution is -2.44. The lowest BCUT2D eigenvalue weighted by atomic mass is 9.66. The molecule has 1 N–H and O–H groups in total. The molecule has 0 aromatic rings. The molecule has 0 spiro atoms. The van der Waals surface area contributed by atoms with E-state index < -0.39 is 11.0 Å². The van der Waals surface area contributed by atoms with Gasteiger partial charge in [0.25, 0.3) is 0 Å². The summed E-state index contributed by atoms with van der Waals surface area (Å²) in [7, 11) is 1.44. The smallest absolute Gasteiger partial charge is 0.311 e. The number of carbonyl (C=O) groups is 2. The first kappa shape index (κ1) is 16.7. The molecule has 0 radical (unpaired) electrons. The highest BCUT2D eigenvalue weighted by molar-refractivity contribution is 5.76. The molecule has 0 bridgehead atoms. The number of fused-ring (bicyclic) bond motifs is 3. The molecule has 0 amide bonds. The van der Waals surface area contributed by atoms with Crippen LogP contribution < -0.4 is 0 Å². The topological polar surface area (TPSA) is 72.8 Å². The third kappa shape index (κ3) is 2.08. The fourth-order valence-corrected chi connectivity index (χ4v) is 6.10. The maximum absolute atomic E-state index is 12.2. The molecule has 7 atom stereocenters. The van der Waals surface area contributed by atoms with Crippen LogP contribution in [0.4, 0.5) is 0 Å². The van der Waals surface area contributed by atoms with E-state index in [1.165, 1.54) is 14.0 Å². The molecule has 130 valence electrons. The number of carbonyl (C=O) groups excluding carboxylic acids is 2. The third-order valence-corrected chi connectivity index (χ3v) is 7.36. The van der Waals surface area contributed by atoms with Crippen molar-refractivity contribution in [2.24, 2.45) is 28.6 Å². The second-order valence-corrected chi connectivity index (χ2v) is 8.49. The van der Waals surface area contributed by atoms with E-state index in [1.54, 1.807) is 0 Å². The molecule has 0 unspecified atom stereocenters. The van der Waals surface area contributed by atoms with Gasteiger partial charge in [0.15, 0.2) is 0 Å². The Bertz CT molecular complexity index is 546. The molecule has 5 heteroatoms. The Hall–Kier alpha value is -1.10. The Kier molecular flexibility index (Phi) is 3.60. The predicted molar refractivity (Wildman–Crippen MR) is 83.3 cm³/mol. The Balaban J connectivity index is 1.89. The Labute approximate surface area is 137 Å². The molecular weight excluding hydrogens is 296 g/mol. The quantitative estimate of drug-likeness (QED) is 0.789. The summed E-state index contributed by atoms with van der Waals surface area (Å²) in [6.45, 7) is 7.58. The largest absolute Gasteiger partial charge is 0.469 e. The number of aliphatic hydroxyl groups is 1. The van der Waals surface area contributed by atoms with Crippen molar-refractivity contribution in [1.29, 1.82) is 0 Å². The van der Waals surface area contributed by atoms with Crippen molar-refractivity contribution in [3.05, 3.63) is 0 Å². The lowest BCUT2D eigenvalue weighted by Gasteiger charge is -2.41.